The number of aromatic nitrogens is 4. The van der Waals surface area contributed by atoms with Gasteiger partial charge < -0.3 is 20.4 Å². The van der Waals surface area contributed by atoms with Gasteiger partial charge >= 0.3 is 0 Å². The Bertz CT molecular complexity index is 1570. The van der Waals surface area contributed by atoms with E-state index in [1.54, 1.807) is 24.7 Å². The van der Waals surface area contributed by atoms with E-state index in [9.17, 15) is 0 Å². The SMILES string of the molecule is C=Cc1cnc(Nc2ccc(N3CCC(N4CCN(C)CC4)CC3)c(CC)c2)nc1Nc1ccc2nccnc2c1CC. The minimum atomic E-state index is 0.537. The molecule has 0 radical (unpaired) electrons. The van der Waals surface area contributed by atoms with Gasteiger partial charge in [0.25, 0.3) is 0 Å². The summed E-state index contributed by atoms with van der Waals surface area (Å²) in [7, 11) is 2.23. The first-order chi connectivity index (χ1) is 21.1. The maximum Gasteiger partial charge on any atom is 0.229 e. The Kier molecular flexibility index (Phi) is 8.81. The molecule has 43 heavy (non-hydrogen) atoms. The first kappa shape index (κ1) is 29.0. The maximum absolute atomic E-state index is 4.86. The number of hydrogen-bond acceptors (Lipinski definition) is 9. The van der Waals surface area contributed by atoms with Gasteiger partial charge in [0.05, 0.1) is 11.0 Å². The Morgan fingerprint density at radius 3 is 2.44 bits per heavy atom. The van der Waals surface area contributed by atoms with Gasteiger partial charge in [0, 0.05) is 92.1 Å². The van der Waals surface area contributed by atoms with Crippen molar-refractivity contribution >= 4 is 45.9 Å². The molecule has 2 saturated heterocycles. The van der Waals surface area contributed by atoms with Crippen molar-refractivity contribution in [3.8, 4) is 0 Å². The molecule has 0 saturated carbocycles. The fourth-order valence-electron chi connectivity index (χ4n) is 6.44. The zero-order valence-electron chi connectivity index (χ0n) is 25.7. The summed E-state index contributed by atoms with van der Waals surface area (Å²) in [6, 6.07) is 11.4. The zero-order chi connectivity index (χ0) is 29.8. The van der Waals surface area contributed by atoms with E-state index in [1.807, 2.05) is 12.1 Å². The third-order valence-electron chi connectivity index (χ3n) is 8.96. The van der Waals surface area contributed by atoms with Crippen LogP contribution in [0.25, 0.3) is 17.1 Å². The number of fused-ring (bicyclic) bond motifs is 1. The van der Waals surface area contributed by atoms with Crippen molar-refractivity contribution in [2.75, 3.05) is 61.8 Å². The van der Waals surface area contributed by atoms with Gasteiger partial charge in [0.2, 0.25) is 5.95 Å². The minimum absolute atomic E-state index is 0.537. The molecule has 2 aromatic carbocycles. The number of piperazine rings is 1. The van der Waals surface area contributed by atoms with E-state index < -0.39 is 0 Å². The van der Waals surface area contributed by atoms with E-state index in [-0.39, 0.29) is 0 Å². The molecule has 2 aliphatic rings. The van der Waals surface area contributed by atoms with Crippen LogP contribution in [0.2, 0.25) is 0 Å². The van der Waals surface area contributed by atoms with Gasteiger partial charge in [-0.05, 0) is 68.6 Å². The number of benzene rings is 2. The Morgan fingerprint density at radius 1 is 0.907 bits per heavy atom. The summed E-state index contributed by atoms with van der Waals surface area (Å²) in [6.45, 7) is 15.3. The van der Waals surface area contributed by atoms with E-state index in [4.69, 9.17) is 4.98 Å². The molecule has 9 nitrogen and oxygen atoms in total. The van der Waals surface area contributed by atoms with E-state index in [2.05, 4.69) is 86.0 Å². The summed E-state index contributed by atoms with van der Waals surface area (Å²) in [5, 5.41) is 6.97. The fraction of sp³-hybridized carbons (Fsp3) is 0.412. The molecule has 2 fully saturated rings. The third kappa shape index (κ3) is 6.33. The summed E-state index contributed by atoms with van der Waals surface area (Å²) < 4.78 is 0. The molecule has 6 rings (SSSR count). The number of nitrogens with zero attached hydrogens (tertiary/aromatic N) is 7. The molecule has 0 aliphatic carbocycles. The van der Waals surface area contributed by atoms with Crippen molar-refractivity contribution in [3.63, 3.8) is 0 Å². The summed E-state index contributed by atoms with van der Waals surface area (Å²) in [5.74, 6) is 1.23. The highest BCUT2D eigenvalue weighted by atomic mass is 15.3. The maximum atomic E-state index is 4.86. The number of nitrogens with one attached hydrogen (secondary N) is 2. The van der Waals surface area contributed by atoms with Crippen molar-refractivity contribution < 1.29 is 0 Å². The van der Waals surface area contributed by atoms with Crippen LogP contribution in [0.5, 0.6) is 0 Å². The van der Waals surface area contributed by atoms with E-state index in [0.717, 1.165) is 59.5 Å². The Labute approximate surface area is 255 Å². The highest BCUT2D eigenvalue weighted by Crippen LogP contribution is 2.31. The lowest BCUT2D eigenvalue weighted by Crippen LogP contribution is -2.52. The van der Waals surface area contributed by atoms with Crippen LogP contribution in [0.1, 0.15) is 43.4 Å². The summed E-state index contributed by atoms with van der Waals surface area (Å²) in [5.41, 5.74) is 8.35. The van der Waals surface area contributed by atoms with Crippen LogP contribution in [0, 0.1) is 0 Å². The van der Waals surface area contributed by atoms with Crippen LogP contribution in [0.3, 0.4) is 0 Å². The molecule has 2 aromatic heterocycles. The fourth-order valence-corrected chi connectivity index (χ4v) is 6.44. The van der Waals surface area contributed by atoms with Crippen LogP contribution in [0.15, 0.2) is 55.5 Å². The van der Waals surface area contributed by atoms with Crippen molar-refractivity contribution in [1.82, 2.24) is 29.7 Å². The number of anilines is 5. The largest absolute Gasteiger partial charge is 0.371 e. The number of piperidine rings is 1. The predicted molar refractivity (Wildman–Crippen MR) is 178 cm³/mol. The second kappa shape index (κ2) is 13.1. The number of hydrogen-bond donors (Lipinski definition) is 2. The number of likely N-dealkylation sites (N-methyl/N-ethyl adjacent to an activating group) is 1. The standard InChI is InChI=1S/C34H43N9/c1-5-24-22-26(8-11-31(24)43-16-12-27(13-17-43)42-20-18-41(4)19-21-42)38-34-37-23-25(6-2)33(40-34)39-29-9-10-30-32(28(29)7-3)36-15-14-35-30/h6,8-11,14-15,22-23,27H,2,5,7,12-13,16-21H2,1,3-4H3,(H2,37,38,39,40). The van der Waals surface area contributed by atoms with Gasteiger partial charge in [-0.1, -0.05) is 26.5 Å². The normalized spacial score (nSPS) is 16.9. The van der Waals surface area contributed by atoms with Gasteiger partial charge in [-0.2, -0.15) is 4.98 Å². The van der Waals surface area contributed by atoms with Gasteiger partial charge in [-0.15, -0.1) is 0 Å². The van der Waals surface area contributed by atoms with Crippen LogP contribution >= 0.6 is 0 Å². The number of aryl methyl sites for hydroxylation is 2. The molecule has 0 amide bonds. The summed E-state index contributed by atoms with van der Waals surface area (Å²) in [4.78, 5) is 26.2. The number of rotatable bonds is 9. The monoisotopic (exact) mass is 577 g/mol. The predicted octanol–water partition coefficient (Wildman–Crippen LogP) is 5.89. The van der Waals surface area contributed by atoms with Gasteiger partial charge in [-0.25, -0.2) is 4.98 Å². The average Bonchev–Trinajstić information content (AvgIpc) is 3.05. The van der Waals surface area contributed by atoms with Crippen molar-refractivity contribution in [2.24, 2.45) is 0 Å². The Balaban J connectivity index is 1.17. The lowest BCUT2D eigenvalue weighted by Gasteiger charge is -2.43. The second-order valence-corrected chi connectivity index (χ2v) is 11.6. The molecule has 0 bridgehead atoms. The quantitative estimate of drug-likeness (QED) is 0.253. The van der Waals surface area contributed by atoms with E-state index in [1.165, 1.54) is 50.3 Å². The molecule has 9 heteroatoms. The molecule has 4 aromatic rings. The molecular formula is C34H43N9. The van der Waals surface area contributed by atoms with E-state index in [0.29, 0.717) is 17.8 Å². The first-order valence-electron chi connectivity index (χ1n) is 15.6. The lowest BCUT2D eigenvalue weighted by atomic mass is 10.00. The first-order valence-corrected chi connectivity index (χ1v) is 15.6. The Morgan fingerprint density at radius 2 is 1.70 bits per heavy atom. The van der Waals surface area contributed by atoms with E-state index >= 15 is 0 Å². The smallest absolute Gasteiger partial charge is 0.229 e. The zero-order valence-corrected chi connectivity index (χ0v) is 25.7. The highest BCUT2D eigenvalue weighted by molar-refractivity contribution is 5.85. The topological polar surface area (TPSA) is 85.3 Å². The summed E-state index contributed by atoms with van der Waals surface area (Å²) >= 11 is 0. The highest BCUT2D eigenvalue weighted by Gasteiger charge is 2.27. The molecule has 0 spiro atoms. The van der Waals surface area contributed by atoms with Crippen molar-refractivity contribution in [1.29, 1.82) is 0 Å². The van der Waals surface area contributed by atoms with Crippen molar-refractivity contribution in [3.05, 3.63) is 72.2 Å². The van der Waals surface area contributed by atoms with Gasteiger partial charge in [-0.3, -0.25) is 14.9 Å². The average molecular weight is 578 g/mol. The van der Waals surface area contributed by atoms with Crippen LogP contribution in [-0.4, -0.2) is 82.1 Å². The molecule has 0 atom stereocenters. The second-order valence-electron chi connectivity index (χ2n) is 11.6. The van der Waals surface area contributed by atoms with Gasteiger partial charge in [0.1, 0.15) is 5.82 Å². The Hall–Kier alpha value is -4.08. The molecule has 224 valence electrons. The van der Waals surface area contributed by atoms with Crippen LogP contribution in [0.4, 0.5) is 28.8 Å². The molecule has 0 unspecified atom stereocenters. The van der Waals surface area contributed by atoms with Crippen LogP contribution < -0.4 is 15.5 Å². The minimum Gasteiger partial charge on any atom is -0.371 e. The molecule has 2 aliphatic heterocycles. The molecule has 4 heterocycles. The summed E-state index contributed by atoms with van der Waals surface area (Å²) in [6.07, 6.45) is 11.3. The molecular weight excluding hydrogens is 534 g/mol. The van der Waals surface area contributed by atoms with Gasteiger partial charge in [0.15, 0.2) is 0 Å². The van der Waals surface area contributed by atoms with Crippen LogP contribution in [-0.2, 0) is 12.8 Å². The third-order valence-corrected chi connectivity index (χ3v) is 8.96. The lowest BCUT2D eigenvalue weighted by molar-refractivity contribution is 0.0982. The van der Waals surface area contributed by atoms with Crippen molar-refractivity contribution in [2.45, 2.75) is 45.6 Å². The molecule has 2 N–H and O–H groups in total.